The minimum absolute atomic E-state index is 0.0708. The molecule has 3 aromatic carbocycles. The van der Waals surface area contributed by atoms with E-state index in [-0.39, 0.29) is 23.6 Å². The number of fused-ring (bicyclic) bond motifs is 2. The molecule has 0 N–H and O–H groups in total. The van der Waals surface area contributed by atoms with Crippen LogP contribution in [-0.2, 0) is 13.0 Å². The van der Waals surface area contributed by atoms with Gasteiger partial charge in [0.15, 0.2) is 5.43 Å². The standard InChI is InChI=1S/C26H19Cl2NO3/c1-2-15-7-9-16(10-8-15)23-22-24(30)19-13-18(27)11-12-21(19)32-25(22)26(31)29(23)14-17-5-3-4-6-20(17)28/h3-13,23H,2,14H2,1H3. The molecule has 32 heavy (non-hydrogen) atoms. The Bertz CT molecular complexity index is 1410. The molecule has 0 saturated carbocycles. The molecule has 2 heterocycles. The number of hydrogen-bond donors (Lipinski definition) is 0. The van der Waals surface area contributed by atoms with Crippen LogP contribution in [0.2, 0.25) is 10.0 Å². The topological polar surface area (TPSA) is 50.5 Å². The summed E-state index contributed by atoms with van der Waals surface area (Å²) in [5.74, 6) is -0.264. The van der Waals surface area contributed by atoms with Gasteiger partial charge in [-0.15, -0.1) is 0 Å². The van der Waals surface area contributed by atoms with Crippen LogP contribution in [0, 0.1) is 0 Å². The molecular formula is C26H19Cl2NO3. The van der Waals surface area contributed by atoms with Crippen molar-refractivity contribution in [1.82, 2.24) is 4.90 Å². The maximum Gasteiger partial charge on any atom is 0.291 e. The van der Waals surface area contributed by atoms with Crippen LogP contribution in [0.1, 0.15) is 45.8 Å². The zero-order valence-electron chi connectivity index (χ0n) is 17.3. The second kappa shape index (κ2) is 8.12. The molecule has 1 atom stereocenters. The van der Waals surface area contributed by atoms with E-state index in [1.807, 2.05) is 42.5 Å². The van der Waals surface area contributed by atoms with Gasteiger partial charge in [-0.05, 0) is 47.4 Å². The van der Waals surface area contributed by atoms with Gasteiger partial charge in [-0.3, -0.25) is 9.59 Å². The number of rotatable bonds is 4. The van der Waals surface area contributed by atoms with Crippen molar-refractivity contribution in [3.8, 4) is 0 Å². The average molecular weight is 464 g/mol. The van der Waals surface area contributed by atoms with Gasteiger partial charge in [-0.2, -0.15) is 0 Å². The van der Waals surface area contributed by atoms with Crippen molar-refractivity contribution in [3.63, 3.8) is 0 Å². The summed E-state index contributed by atoms with van der Waals surface area (Å²) in [6, 6.07) is 19.6. The van der Waals surface area contributed by atoms with Gasteiger partial charge in [0.05, 0.1) is 17.0 Å². The van der Waals surface area contributed by atoms with Gasteiger partial charge in [0.1, 0.15) is 5.58 Å². The van der Waals surface area contributed by atoms with Crippen molar-refractivity contribution in [3.05, 3.63) is 115 Å². The maximum atomic E-state index is 13.6. The van der Waals surface area contributed by atoms with Crippen LogP contribution in [-0.4, -0.2) is 10.8 Å². The second-order valence-electron chi connectivity index (χ2n) is 7.84. The lowest BCUT2D eigenvalue weighted by Gasteiger charge is -2.25. The number of aryl methyl sites for hydroxylation is 1. The average Bonchev–Trinajstić information content (AvgIpc) is 3.08. The molecule has 1 unspecified atom stereocenters. The van der Waals surface area contributed by atoms with Crippen LogP contribution in [0.4, 0.5) is 0 Å². The molecule has 4 nitrogen and oxygen atoms in total. The predicted molar refractivity (Wildman–Crippen MR) is 126 cm³/mol. The Labute approximate surface area is 195 Å². The van der Waals surface area contributed by atoms with Crippen LogP contribution in [0.3, 0.4) is 0 Å². The highest BCUT2D eigenvalue weighted by Crippen LogP contribution is 2.40. The van der Waals surface area contributed by atoms with Gasteiger partial charge in [-0.25, -0.2) is 0 Å². The van der Waals surface area contributed by atoms with E-state index in [9.17, 15) is 9.59 Å². The molecule has 6 heteroatoms. The molecule has 0 radical (unpaired) electrons. The fourth-order valence-electron chi connectivity index (χ4n) is 4.25. The van der Waals surface area contributed by atoms with Crippen molar-refractivity contribution in [2.24, 2.45) is 0 Å². The van der Waals surface area contributed by atoms with Gasteiger partial charge in [-0.1, -0.05) is 72.6 Å². The minimum atomic E-state index is -0.584. The highest BCUT2D eigenvalue weighted by molar-refractivity contribution is 6.31. The Balaban J connectivity index is 1.73. The zero-order chi connectivity index (χ0) is 22.4. The van der Waals surface area contributed by atoms with Crippen molar-refractivity contribution < 1.29 is 9.21 Å². The Morgan fingerprint density at radius 2 is 1.72 bits per heavy atom. The molecule has 1 amide bonds. The van der Waals surface area contributed by atoms with E-state index < -0.39 is 6.04 Å². The van der Waals surface area contributed by atoms with E-state index in [1.165, 1.54) is 5.56 Å². The molecule has 0 aliphatic carbocycles. The van der Waals surface area contributed by atoms with E-state index in [4.69, 9.17) is 27.6 Å². The normalized spacial score (nSPS) is 15.4. The number of hydrogen-bond acceptors (Lipinski definition) is 3. The van der Waals surface area contributed by atoms with Crippen LogP contribution in [0.15, 0.2) is 75.9 Å². The highest BCUT2D eigenvalue weighted by atomic mass is 35.5. The molecule has 1 aliphatic heterocycles. The maximum absolute atomic E-state index is 13.6. The summed E-state index contributed by atoms with van der Waals surface area (Å²) in [4.78, 5) is 28.7. The van der Waals surface area contributed by atoms with Crippen molar-refractivity contribution in [1.29, 1.82) is 0 Å². The zero-order valence-corrected chi connectivity index (χ0v) is 18.8. The summed E-state index contributed by atoms with van der Waals surface area (Å²) < 4.78 is 5.96. The Morgan fingerprint density at radius 3 is 2.44 bits per heavy atom. The first kappa shape index (κ1) is 20.8. The number of halogens is 2. The number of nitrogens with zero attached hydrogens (tertiary/aromatic N) is 1. The van der Waals surface area contributed by atoms with E-state index >= 15 is 0 Å². The van der Waals surface area contributed by atoms with Gasteiger partial charge in [0.2, 0.25) is 5.76 Å². The second-order valence-corrected chi connectivity index (χ2v) is 8.68. The number of carbonyl (C=O) groups is 1. The van der Waals surface area contributed by atoms with Crippen LogP contribution < -0.4 is 5.43 Å². The molecule has 5 rings (SSSR count). The molecule has 1 aliphatic rings. The quantitative estimate of drug-likeness (QED) is 0.351. The molecule has 1 aromatic heterocycles. The van der Waals surface area contributed by atoms with Crippen LogP contribution >= 0.6 is 23.2 Å². The van der Waals surface area contributed by atoms with Crippen LogP contribution in [0.5, 0.6) is 0 Å². The first-order valence-corrected chi connectivity index (χ1v) is 11.1. The third-order valence-electron chi connectivity index (χ3n) is 5.93. The monoisotopic (exact) mass is 463 g/mol. The third kappa shape index (κ3) is 3.40. The molecule has 0 spiro atoms. The minimum Gasteiger partial charge on any atom is -0.450 e. The number of benzene rings is 3. The lowest BCUT2D eigenvalue weighted by atomic mass is 9.97. The summed E-state index contributed by atoms with van der Waals surface area (Å²) in [5, 5.41) is 1.36. The molecule has 0 saturated heterocycles. The van der Waals surface area contributed by atoms with Gasteiger partial charge in [0.25, 0.3) is 5.91 Å². The first-order chi connectivity index (χ1) is 15.5. The lowest BCUT2D eigenvalue weighted by Crippen LogP contribution is -2.29. The smallest absolute Gasteiger partial charge is 0.291 e. The van der Waals surface area contributed by atoms with E-state index in [1.54, 1.807) is 29.2 Å². The fourth-order valence-corrected chi connectivity index (χ4v) is 4.62. The molecular weight excluding hydrogens is 445 g/mol. The van der Waals surface area contributed by atoms with Crippen molar-refractivity contribution in [2.45, 2.75) is 25.9 Å². The summed E-state index contributed by atoms with van der Waals surface area (Å²) in [6.45, 7) is 2.33. The lowest BCUT2D eigenvalue weighted by molar-refractivity contribution is 0.0714. The number of amides is 1. The van der Waals surface area contributed by atoms with E-state index in [0.717, 1.165) is 17.5 Å². The Kier molecular flexibility index (Phi) is 5.28. The molecule has 0 bridgehead atoms. The SMILES string of the molecule is CCc1ccc(C2c3c(oc4ccc(Cl)cc4c3=O)C(=O)N2Cc2ccccc2Cl)cc1. The molecule has 160 valence electrons. The third-order valence-corrected chi connectivity index (χ3v) is 6.53. The Hall–Kier alpha value is -3.08. The summed E-state index contributed by atoms with van der Waals surface area (Å²) in [6.07, 6.45) is 0.898. The number of carbonyl (C=O) groups excluding carboxylic acids is 1. The molecule has 0 fully saturated rings. The van der Waals surface area contributed by atoms with E-state index in [2.05, 4.69) is 6.92 Å². The fraction of sp³-hybridized carbons (Fsp3) is 0.154. The largest absolute Gasteiger partial charge is 0.450 e. The summed E-state index contributed by atoms with van der Waals surface area (Å²) >= 11 is 12.5. The van der Waals surface area contributed by atoms with Crippen molar-refractivity contribution in [2.75, 3.05) is 0 Å². The summed E-state index contributed by atoms with van der Waals surface area (Å²) in [7, 11) is 0. The van der Waals surface area contributed by atoms with Gasteiger partial charge in [0, 0.05) is 16.6 Å². The first-order valence-electron chi connectivity index (χ1n) is 10.4. The predicted octanol–water partition coefficient (Wildman–Crippen LogP) is 6.41. The van der Waals surface area contributed by atoms with E-state index in [0.29, 0.717) is 26.6 Å². The molecule has 4 aromatic rings. The van der Waals surface area contributed by atoms with Crippen LogP contribution in [0.25, 0.3) is 11.0 Å². The highest BCUT2D eigenvalue weighted by Gasteiger charge is 2.42. The summed E-state index contributed by atoms with van der Waals surface area (Å²) in [5.41, 5.74) is 3.24. The van der Waals surface area contributed by atoms with Gasteiger partial charge < -0.3 is 9.32 Å². The Morgan fingerprint density at radius 1 is 0.969 bits per heavy atom. The van der Waals surface area contributed by atoms with Crippen molar-refractivity contribution >= 4 is 40.1 Å². The van der Waals surface area contributed by atoms with Gasteiger partial charge >= 0.3 is 0 Å².